The van der Waals surface area contributed by atoms with Crippen LogP contribution in [0.3, 0.4) is 0 Å². The molecule has 176 valence electrons. The summed E-state index contributed by atoms with van der Waals surface area (Å²) in [5.41, 5.74) is 3.91. The molecule has 3 saturated carbocycles. The average Bonchev–Trinajstić information content (AvgIpc) is 3.04. The first-order valence-electron chi connectivity index (χ1n) is 12.9. The Morgan fingerprint density at radius 2 is 1.90 bits per heavy atom. The fraction of sp³-hybridized carbons (Fsp3) is 0.793. The smallest absolute Gasteiger partial charge is 0.0787 e. The molecule has 0 saturated heterocycles. The van der Waals surface area contributed by atoms with E-state index in [1.165, 1.54) is 37.7 Å². The highest BCUT2D eigenvalue weighted by atomic mass is 16.3. The highest BCUT2D eigenvalue weighted by molar-refractivity contribution is 5.29. The number of allylic oxidation sites excluding steroid dienone is 3. The first-order chi connectivity index (χ1) is 14.4. The fourth-order valence-corrected chi connectivity index (χ4v) is 7.06. The first-order valence-corrected chi connectivity index (χ1v) is 12.9. The van der Waals surface area contributed by atoms with Gasteiger partial charge in [-0.15, -0.1) is 0 Å². The van der Waals surface area contributed by atoms with E-state index >= 15 is 0 Å². The molecule has 0 bridgehead atoms. The standard InChI is InChI=1S/C29H48O2/c1-19(14-16-28(5,6)31)21(3)25-12-13-26-24(9-8-15-29(25,26)7)11-10-23-17-20(2)22(4)27(30)18-23/h10-11,19-21,25-27,30-31H,4,8-9,12-18H2,1-3,5-7H3/b23-10-,24-11+/t19-,20+,21-,25?,26?,27+,29+/m0/s1. The second kappa shape index (κ2) is 9.56. The summed E-state index contributed by atoms with van der Waals surface area (Å²) in [6.07, 6.45) is 14.8. The number of aliphatic hydroxyl groups excluding tert-OH is 1. The third-order valence-electron chi connectivity index (χ3n) is 9.40. The number of hydrogen-bond donors (Lipinski definition) is 2. The summed E-state index contributed by atoms with van der Waals surface area (Å²) in [5.74, 6) is 3.24. The summed E-state index contributed by atoms with van der Waals surface area (Å²) in [6, 6.07) is 0. The van der Waals surface area contributed by atoms with Crippen molar-refractivity contribution in [2.45, 2.75) is 111 Å². The van der Waals surface area contributed by atoms with Gasteiger partial charge in [0.1, 0.15) is 0 Å². The molecule has 3 aliphatic carbocycles. The summed E-state index contributed by atoms with van der Waals surface area (Å²) < 4.78 is 0. The molecule has 0 aromatic heterocycles. The lowest BCUT2D eigenvalue weighted by atomic mass is 9.59. The van der Waals surface area contributed by atoms with E-state index in [0.717, 1.165) is 37.2 Å². The monoisotopic (exact) mass is 428 g/mol. The van der Waals surface area contributed by atoms with Gasteiger partial charge < -0.3 is 10.2 Å². The molecule has 0 aliphatic heterocycles. The van der Waals surface area contributed by atoms with Crippen LogP contribution in [-0.2, 0) is 0 Å². The van der Waals surface area contributed by atoms with E-state index in [1.54, 1.807) is 5.57 Å². The van der Waals surface area contributed by atoms with Crippen molar-refractivity contribution in [3.63, 3.8) is 0 Å². The Bertz CT molecular complexity index is 693. The normalized spacial score (nSPS) is 39.0. The Hall–Kier alpha value is -0.860. The molecule has 0 aromatic carbocycles. The number of rotatable bonds is 6. The van der Waals surface area contributed by atoms with Crippen LogP contribution in [0.1, 0.15) is 99.3 Å². The molecule has 3 rings (SSSR count). The minimum absolute atomic E-state index is 0.368. The maximum Gasteiger partial charge on any atom is 0.0787 e. The zero-order valence-electron chi connectivity index (χ0n) is 21.1. The second-order valence-electron chi connectivity index (χ2n) is 12.2. The molecule has 0 radical (unpaired) electrons. The molecule has 2 N–H and O–H groups in total. The summed E-state index contributed by atoms with van der Waals surface area (Å²) in [7, 11) is 0. The van der Waals surface area contributed by atoms with Crippen LogP contribution >= 0.6 is 0 Å². The van der Waals surface area contributed by atoms with E-state index in [0.29, 0.717) is 29.1 Å². The Balaban J connectivity index is 1.71. The van der Waals surface area contributed by atoms with Gasteiger partial charge >= 0.3 is 0 Å². The molecule has 3 fully saturated rings. The van der Waals surface area contributed by atoms with Gasteiger partial charge in [-0.2, -0.15) is 0 Å². The largest absolute Gasteiger partial charge is 0.390 e. The van der Waals surface area contributed by atoms with Gasteiger partial charge in [0.25, 0.3) is 0 Å². The maximum atomic E-state index is 10.3. The first kappa shape index (κ1) is 24.8. The Labute approximate surface area is 191 Å². The quantitative estimate of drug-likeness (QED) is 0.438. The molecular weight excluding hydrogens is 380 g/mol. The van der Waals surface area contributed by atoms with Gasteiger partial charge in [0.15, 0.2) is 0 Å². The average molecular weight is 429 g/mol. The minimum atomic E-state index is -0.555. The predicted octanol–water partition coefficient (Wildman–Crippen LogP) is 7.23. The Kier molecular flexibility index (Phi) is 7.64. The molecule has 0 spiro atoms. The highest BCUT2D eigenvalue weighted by Crippen LogP contribution is 2.60. The molecule has 31 heavy (non-hydrogen) atoms. The third-order valence-corrected chi connectivity index (χ3v) is 9.40. The van der Waals surface area contributed by atoms with Crippen molar-refractivity contribution in [1.82, 2.24) is 0 Å². The zero-order valence-corrected chi connectivity index (χ0v) is 21.1. The van der Waals surface area contributed by atoms with Gasteiger partial charge in [-0.3, -0.25) is 0 Å². The molecule has 0 heterocycles. The fourth-order valence-electron chi connectivity index (χ4n) is 7.06. The van der Waals surface area contributed by atoms with Crippen molar-refractivity contribution < 1.29 is 10.2 Å². The van der Waals surface area contributed by atoms with Crippen LogP contribution in [0, 0.1) is 35.0 Å². The molecular formula is C29H48O2. The van der Waals surface area contributed by atoms with Crippen molar-refractivity contribution in [3.8, 4) is 0 Å². The maximum absolute atomic E-state index is 10.3. The lowest BCUT2D eigenvalue weighted by molar-refractivity contribution is 0.0447. The van der Waals surface area contributed by atoms with Crippen LogP contribution in [0.25, 0.3) is 0 Å². The molecule has 0 aromatic rings. The van der Waals surface area contributed by atoms with E-state index in [9.17, 15) is 10.2 Å². The van der Waals surface area contributed by atoms with Gasteiger partial charge in [0, 0.05) is 0 Å². The van der Waals surface area contributed by atoms with Crippen LogP contribution in [-0.4, -0.2) is 21.9 Å². The van der Waals surface area contributed by atoms with Crippen LogP contribution in [0.4, 0.5) is 0 Å². The molecule has 2 nitrogen and oxygen atoms in total. The molecule has 2 heteroatoms. The molecule has 3 aliphatic rings. The van der Waals surface area contributed by atoms with E-state index < -0.39 is 5.60 Å². The van der Waals surface area contributed by atoms with Crippen molar-refractivity contribution >= 4 is 0 Å². The van der Waals surface area contributed by atoms with E-state index in [2.05, 4.69) is 46.4 Å². The van der Waals surface area contributed by atoms with Gasteiger partial charge in [-0.05, 0) is 112 Å². The summed E-state index contributed by atoms with van der Waals surface area (Å²) in [5, 5.41) is 20.5. The summed E-state index contributed by atoms with van der Waals surface area (Å²) >= 11 is 0. The van der Waals surface area contributed by atoms with E-state index in [1.807, 2.05) is 13.8 Å². The van der Waals surface area contributed by atoms with E-state index in [4.69, 9.17) is 0 Å². The third kappa shape index (κ3) is 5.56. The lowest BCUT2D eigenvalue weighted by Crippen LogP contribution is -2.37. The van der Waals surface area contributed by atoms with Crippen LogP contribution in [0.5, 0.6) is 0 Å². The molecule has 0 amide bonds. The summed E-state index contributed by atoms with van der Waals surface area (Å²) in [4.78, 5) is 0. The van der Waals surface area contributed by atoms with Gasteiger partial charge in [0.2, 0.25) is 0 Å². The lowest BCUT2D eigenvalue weighted by Gasteiger charge is -2.45. The van der Waals surface area contributed by atoms with Crippen molar-refractivity contribution in [3.05, 3.63) is 35.5 Å². The topological polar surface area (TPSA) is 40.5 Å². The number of fused-ring (bicyclic) bond motifs is 1. The van der Waals surface area contributed by atoms with Gasteiger partial charge in [0.05, 0.1) is 11.7 Å². The van der Waals surface area contributed by atoms with Gasteiger partial charge in [-0.25, -0.2) is 0 Å². The van der Waals surface area contributed by atoms with Gasteiger partial charge in [-0.1, -0.05) is 57.6 Å². The highest BCUT2D eigenvalue weighted by Gasteiger charge is 2.51. The van der Waals surface area contributed by atoms with Crippen molar-refractivity contribution in [1.29, 1.82) is 0 Å². The summed E-state index contributed by atoms with van der Waals surface area (Å²) in [6.45, 7) is 17.6. The molecule has 2 unspecified atom stereocenters. The predicted molar refractivity (Wildman–Crippen MR) is 132 cm³/mol. The van der Waals surface area contributed by atoms with Crippen LogP contribution in [0.2, 0.25) is 0 Å². The van der Waals surface area contributed by atoms with Crippen molar-refractivity contribution in [2.24, 2.45) is 35.0 Å². The molecule has 7 atom stereocenters. The Morgan fingerprint density at radius 1 is 1.19 bits per heavy atom. The minimum Gasteiger partial charge on any atom is -0.390 e. The van der Waals surface area contributed by atoms with Crippen molar-refractivity contribution in [2.75, 3.05) is 0 Å². The second-order valence-corrected chi connectivity index (χ2v) is 12.2. The van der Waals surface area contributed by atoms with Crippen LogP contribution < -0.4 is 0 Å². The number of aliphatic hydroxyl groups is 2. The SMILES string of the molecule is C=C1[C@H](C)C/C(=C/C=C2\CCC[C@@]3(C)C2CCC3[C@@H](C)[C@@H](C)CCC(C)(C)O)C[C@H]1O. The van der Waals surface area contributed by atoms with E-state index in [-0.39, 0.29) is 6.10 Å². The Morgan fingerprint density at radius 3 is 2.55 bits per heavy atom. The zero-order chi connectivity index (χ0) is 23.0. The van der Waals surface area contributed by atoms with Crippen LogP contribution in [0.15, 0.2) is 35.5 Å². The number of hydrogen-bond acceptors (Lipinski definition) is 2.